The van der Waals surface area contributed by atoms with Crippen LogP contribution in [0.1, 0.15) is 30.7 Å². The zero-order valence-corrected chi connectivity index (χ0v) is 28.6. The summed E-state index contributed by atoms with van der Waals surface area (Å²) in [7, 11) is 0. The van der Waals surface area contributed by atoms with Crippen LogP contribution in [0.25, 0.3) is 16.8 Å². The first kappa shape index (κ1) is 34.9. The lowest BCUT2D eigenvalue weighted by atomic mass is 10.0. The molecule has 2 aliphatic heterocycles. The number of anilines is 1. The minimum Gasteiger partial charge on any atom is -0.504 e. The molecular weight excluding hydrogens is 701 g/mol. The number of amides is 2. The molecule has 2 aliphatic rings. The number of pyridine rings is 1. The van der Waals surface area contributed by atoms with Gasteiger partial charge in [-0.1, -0.05) is 41.6 Å². The Labute approximate surface area is 298 Å². The quantitative estimate of drug-likeness (QED) is 0.0430. The number of thiazole rings is 1. The van der Waals surface area contributed by atoms with Gasteiger partial charge in [0.2, 0.25) is 5.60 Å². The van der Waals surface area contributed by atoms with Gasteiger partial charge in [-0.3, -0.25) is 14.5 Å². The number of nitrogens with two attached hydrogens (primary N) is 1. The summed E-state index contributed by atoms with van der Waals surface area (Å²) in [6.45, 7) is 3.03. The van der Waals surface area contributed by atoms with Crippen molar-refractivity contribution in [1.29, 1.82) is 0 Å². The predicted octanol–water partition coefficient (Wildman–Crippen LogP) is 2.66. The number of benzene rings is 2. The summed E-state index contributed by atoms with van der Waals surface area (Å²) >= 11 is 2.29. The molecule has 0 bridgehead atoms. The van der Waals surface area contributed by atoms with E-state index >= 15 is 0 Å². The van der Waals surface area contributed by atoms with Crippen LogP contribution >= 0.6 is 23.1 Å². The molecule has 6 rings (SSSR count). The van der Waals surface area contributed by atoms with Crippen molar-refractivity contribution in [3.63, 3.8) is 0 Å². The molecule has 4 aromatic rings. The van der Waals surface area contributed by atoms with E-state index in [9.17, 15) is 39.6 Å². The van der Waals surface area contributed by atoms with E-state index in [1.54, 1.807) is 12.2 Å². The number of aromatic nitrogens is 2. The third kappa shape index (κ3) is 7.20. The van der Waals surface area contributed by atoms with Gasteiger partial charge in [-0.05, 0) is 42.5 Å². The smallest absolute Gasteiger partial charge is 0.352 e. The molecule has 51 heavy (non-hydrogen) atoms. The number of β-lactam (4-membered cyclic amide) rings is 1. The van der Waals surface area contributed by atoms with Crippen molar-refractivity contribution in [2.24, 2.45) is 5.16 Å². The zero-order chi connectivity index (χ0) is 36.6. The van der Waals surface area contributed by atoms with Crippen LogP contribution in [-0.4, -0.2) is 82.5 Å². The molecule has 1 unspecified atom stereocenters. The van der Waals surface area contributed by atoms with Crippen molar-refractivity contribution in [1.82, 2.24) is 15.2 Å². The largest absolute Gasteiger partial charge is 0.504 e. The Bertz CT molecular complexity index is 2180. The van der Waals surface area contributed by atoms with E-state index in [1.165, 1.54) is 43.1 Å². The van der Waals surface area contributed by atoms with Crippen LogP contribution in [0.5, 0.6) is 11.5 Å². The maximum Gasteiger partial charge on any atom is 0.352 e. The number of phenols is 2. The van der Waals surface area contributed by atoms with Crippen molar-refractivity contribution >= 4 is 74.5 Å². The number of rotatable bonds is 11. The van der Waals surface area contributed by atoms with Gasteiger partial charge in [0.15, 0.2) is 41.3 Å². The molecule has 0 spiro atoms. The standard InChI is InChI=1S/C34H30N6O9S2/c1-34(2,32(47)48)49-38-25(22-16-51-33(35)36-22)28(43)37-26-29(44)40-27(31(45)46)20(15-50-30(26)40)8-7-17-3-5-18(6-4-17)13-39-10-9-19-11-23(41)24(42)12-21(19)14-39/h3-12,14,16,26,30H,13,15H2,1-2H3,(H6,35,36,37,42,43,45,46,47,48)/p+1/b8-7+,38-25-/t26?,30-/m1/s1. The number of aliphatic carboxylic acids is 2. The number of nitrogens with zero attached hydrogens (tertiary/aromatic N) is 4. The maximum absolute atomic E-state index is 13.3. The Hall–Kier alpha value is -5.94. The van der Waals surface area contributed by atoms with Crippen molar-refractivity contribution in [2.45, 2.75) is 37.4 Å². The summed E-state index contributed by atoms with van der Waals surface area (Å²) in [4.78, 5) is 60.8. The van der Waals surface area contributed by atoms with Gasteiger partial charge in [0, 0.05) is 28.1 Å². The lowest BCUT2D eigenvalue weighted by Crippen LogP contribution is -2.71. The highest BCUT2D eigenvalue weighted by Gasteiger charge is 2.54. The number of oxime groups is 1. The number of allylic oxidation sites excluding steroid dienone is 1. The number of carbonyl (C=O) groups is 4. The molecular formula is C34H31N6O9S2+. The Morgan fingerprint density at radius 3 is 2.47 bits per heavy atom. The number of carboxylic acid groups (broad SMARTS) is 2. The molecule has 1 saturated heterocycles. The van der Waals surface area contributed by atoms with Gasteiger partial charge in [-0.25, -0.2) is 19.1 Å². The average molecular weight is 732 g/mol. The van der Waals surface area contributed by atoms with Gasteiger partial charge in [0.25, 0.3) is 11.8 Å². The van der Waals surface area contributed by atoms with Gasteiger partial charge in [-0.2, -0.15) is 0 Å². The van der Waals surface area contributed by atoms with E-state index < -0.39 is 46.5 Å². The molecule has 2 aromatic heterocycles. The molecule has 4 heterocycles. The Morgan fingerprint density at radius 2 is 1.82 bits per heavy atom. The number of nitrogen functional groups attached to an aromatic ring is 1. The number of phenolic OH excluding ortho intramolecular Hbond substituents is 2. The molecule has 2 amide bonds. The molecule has 2 atom stereocenters. The monoisotopic (exact) mass is 731 g/mol. The number of hydrogen-bond acceptors (Lipinski definition) is 12. The van der Waals surface area contributed by atoms with Crippen LogP contribution in [0.15, 0.2) is 82.7 Å². The highest BCUT2D eigenvalue weighted by molar-refractivity contribution is 8.00. The second-order valence-electron chi connectivity index (χ2n) is 12.1. The summed E-state index contributed by atoms with van der Waals surface area (Å²) in [5, 5.41) is 47.7. The molecule has 1 fully saturated rings. The maximum atomic E-state index is 13.3. The first-order valence-electron chi connectivity index (χ1n) is 15.3. The number of fused-ring (bicyclic) bond motifs is 2. The van der Waals surface area contributed by atoms with Gasteiger partial charge < -0.3 is 36.3 Å². The minimum absolute atomic E-state index is 0.0122. The molecule has 7 N–H and O–H groups in total. The number of nitrogens with one attached hydrogen (secondary N) is 1. The van der Waals surface area contributed by atoms with Crippen molar-refractivity contribution in [2.75, 3.05) is 11.5 Å². The fraction of sp³-hybridized carbons (Fsp3) is 0.206. The summed E-state index contributed by atoms with van der Waals surface area (Å²) in [5.74, 6) is -4.29. The topological polar surface area (TPSA) is 229 Å². The van der Waals surface area contributed by atoms with E-state index in [2.05, 4.69) is 15.5 Å². The van der Waals surface area contributed by atoms with Gasteiger partial charge in [0.1, 0.15) is 22.8 Å². The van der Waals surface area contributed by atoms with Gasteiger partial charge >= 0.3 is 11.9 Å². The highest BCUT2D eigenvalue weighted by atomic mass is 32.2. The van der Waals surface area contributed by atoms with Crippen molar-refractivity contribution < 1.29 is 49.0 Å². The highest BCUT2D eigenvalue weighted by Crippen LogP contribution is 2.41. The van der Waals surface area contributed by atoms with E-state index in [1.807, 2.05) is 47.3 Å². The van der Waals surface area contributed by atoms with E-state index in [4.69, 9.17) is 10.6 Å². The summed E-state index contributed by atoms with van der Waals surface area (Å²) in [6, 6.07) is 11.4. The Kier molecular flexibility index (Phi) is 9.42. The molecule has 0 aliphatic carbocycles. The molecule has 15 nitrogen and oxygen atoms in total. The van der Waals surface area contributed by atoms with Gasteiger partial charge in [-0.15, -0.1) is 23.1 Å². The van der Waals surface area contributed by atoms with E-state index in [0.717, 1.165) is 38.1 Å². The zero-order valence-electron chi connectivity index (χ0n) is 27.0. The van der Waals surface area contributed by atoms with Crippen LogP contribution in [0.3, 0.4) is 0 Å². The molecule has 0 radical (unpaired) electrons. The number of aromatic hydroxyl groups is 2. The summed E-state index contributed by atoms with van der Waals surface area (Å²) < 4.78 is 1.94. The Morgan fingerprint density at radius 1 is 1.12 bits per heavy atom. The lowest BCUT2D eigenvalue weighted by molar-refractivity contribution is -0.687. The normalized spacial score (nSPS) is 17.7. The van der Waals surface area contributed by atoms with Crippen LogP contribution < -0.4 is 15.6 Å². The van der Waals surface area contributed by atoms with Crippen molar-refractivity contribution in [3.05, 3.63) is 94.4 Å². The SMILES string of the molecule is CC(C)(O/N=C(\C(=O)NC1C(=O)N2C(C(=O)O)=C(/C=C/c3ccc(C[n+]4ccc5cc(O)c(O)cc5c4)cc3)CS[C@H]12)c1csc(N)n1)C(=O)O. The molecule has 262 valence electrons. The van der Waals surface area contributed by atoms with Crippen LogP contribution in [-0.2, 0) is 30.6 Å². The Balaban J connectivity index is 1.14. The third-order valence-corrected chi connectivity index (χ3v) is 10.1. The number of hydrogen-bond donors (Lipinski definition) is 6. The molecule has 2 aromatic carbocycles. The fourth-order valence-corrected chi connectivity index (χ4v) is 7.15. The van der Waals surface area contributed by atoms with E-state index in [0.29, 0.717) is 12.1 Å². The summed E-state index contributed by atoms with van der Waals surface area (Å²) in [6.07, 6.45) is 7.14. The second-order valence-corrected chi connectivity index (χ2v) is 14.1. The first-order chi connectivity index (χ1) is 24.2. The average Bonchev–Trinajstić information content (AvgIpc) is 3.52. The number of carbonyl (C=O) groups excluding carboxylic acids is 2. The molecule has 17 heteroatoms. The van der Waals surface area contributed by atoms with Crippen molar-refractivity contribution in [3.8, 4) is 11.5 Å². The van der Waals surface area contributed by atoms with Gasteiger partial charge in [0.05, 0.1) is 0 Å². The van der Waals surface area contributed by atoms with Crippen LogP contribution in [0.4, 0.5) is 5.13 Å². The fourth-order valence-electron chi connectivity index (χ4n) is 5.28. The van der Waals surface area contributed by atoms with Crippen LogP contribution in [0.2, 0.25) is 0 Å². The molecule has 0 saturated carbocycles. The second kappa shape index (κ2) is 13.8. The first-order valence-corrected chi connectivity index (χ1v) is 17.2. The summed E-state index contributed by atoms with van der Waals surface area (Å²) in [5.41, 5.74) is 5.56. The number of carboxylic acids is 2. The van der Waals surface area contributed by atoms with Crippen LogP contribution in [0, 0.1) is 0 Å². The third-order valence-electron chi connectivity index (χ3n) is 8.10. The lowest BCUT2D eigenvalue weighted by Gasteiger charge is -2.49. The number of thioether (sulfide) groups is 1. The minimum atomic E-state index is -1.78. The predicted molar refractivity (Wildman–Crippen MR) is 188 cm³/mol. The van der Waals surface area contributed by atoms with E-state index in [-0.39, 0.29) is 33.8 Å².